The van der Waals surface area contributed by atoms with Gasteiger partial charge in [-0.05, 0) is 63.9 Å². The molecule has 7 nitrogen and oxygen atoms in total. The van der Waals surface area contributed by atoms with Gasteiger partial charge in [-0.3, -0.25) is 4.79 Å². The zero-order valence-electron chi connectivity index (χ0n) is 21.1. The standard InChI is InChI=1S/C27H32FN3O4/c1-16(2)20-13-21(18-7-9-19(28)10-8-18)29-22-14-23(34-24(20)22)25(32)31-12-11-30(15-17(31)3)26(33)35-27(4,5)6/h7-10,13-14,16-17H,11-12,15H2,1-6H3/t17-/m0/s1. The number of carbonyl (C=O) groups excluding carboxylic acids is 2. The van der Waals surface area contributed by atoms with Crippen molar-refractivity contribution in [3.8, 4) is 11.3 Å². The van der Waals surface area contributed by atoms with Crippen molar-refractivity contribution in [2.45, 2.75) is 59.1 Å². The molecule has 0 spiro atoms. The Morgan fingerprint density at radius 2 is 1.83 bits per heavy atom. The minimum absolute atomic E-state index is 0.130. The molecule has 1 aromatic carbocycles. The molecule has 1 fully saturated rings. The van der Waals surface area contributed by atoms with E-state index in [1.165, 1.54) is 12.1 Å². The number of hydrogen-bond donors (Lipinski definition) is 0. The molecule has 0 aliphatic carbocycles. The summed E-state index contributed by atoms with van der Waals surface area (Å²) in [6, 6.07) is 9.57. The van der Waals surface area contributed by atoms with Crippen molar-refractivity contribution in [3.63, 3.8) is 0 Å². The minimum Gasteiger partial charge on any atom is -0.449 e. The van der Waals surface area contributed by atoms with Crippen LogP contribution in [-0.4, -0.2) is 58.1 Å². The normalized spacial score (nSPS) is 16.7. The van der Waals surface area contributed by atoms with Crippen LogP contribution in [0.3, 0.4) is 0 Å². The summed E-state index contributed by atoms with van der Waals surface area (Å²) in [4.78, 5) is 33.9. The number of benzene rings is 1. The second kappa shape index (κ2) is 9.32. The third-order valence-corrected chi connectivity index (χ3v) is 6.02. The first-order valence-corrected chi connectivity index (χ1v) is 11.9. The summed E-state index contributed by atoms with van der Waals surface area (Å²) < 4.78 is 24.9. The van der Waals surface area contributed by atoms with Crippen LogP contribution in [0, 0.1) is 5.82 Å². The lowest BCUT2D eigenvalue weighted by atomic mass is 10.00. The molecule has 4 rings (SSSR count). The third-order valence-electron chi connectivity index (χ3n) is 6.02. The van der Waals surface area contributed by atoms with E-state index in [2.05, 4.69) is 0 Å². The lowest BCUT2D eigenvalue weighted by Gasteiger charge is -2.39. The number of nitrogens with zero attached hydrogens (tertiary/aromatic N) is 3. The number of fused-ring (bicyclic) bond motifs is 1. The van der Waals surface area contributed by atoms with Crippen LogP contribution in [0.25, 0.3) is 22.4 Å². The summed E-state index contributed by atoms with van der Waals surface area (Å²) in [7, 11) is 0. The molecule has 0 N–H and O–H groups in total. The average molecular weight is 482 g/mol. The highest BCUT2D eigenvalue weighted by Gasteiger charge is 2.34. The van der Waals surface area contributed by atoms with Crippen molar-refractivity contribution < 1.29 is 23.1 Å². The van der Waals surface area contributed by atoms with Crippen LogP contribution in [0.1, 0.15) is 63.6 Å². The predicted octanol–water partition coefficient (Wildman–Crippen LogP) is 5.84. The van der Waals surface area contributed by atoms with E-state index in [4.69, 9.17) is 14.1 Å². The molecule has 2 amide bonds. The van der Waals surface area contributed by atoms with E-state index in [1.807, 2.05) is 47.6 Å². The van der Waals surface area contributed by atoms with Gasteiger partial charge < -0.3 is 19.0 Å². The van der Waals surface area contributed by atoms with Gasteiger partial charge in [0.25, 0.3) is 5.91 Å². The predicted molar refractivity (Wildman–Crippen MR) is 132 cm³/mol. The van der Waals surface area contributed by atoms with Crippen LogP contribution in [0.4, 0.5) is 9.18 Å². The number of piperazine rings is 1. The van der Waals surface area contributed by atoms with E-state index in [0.717, 1.165) is 11.1 Å². The monoisotopic (exact) mass is 481 g/mol. The number of aromatic nitrogens is 1. The van der Waals surface area contributed by atoms with Crippen molar-refractivity contribution >= 4 is 23.1 Å². The van der Waals surface area contributed by atoms with Gasteiger partial charge in [0, 0.05) is 42.9 Å². The van der Waals surface area contributed by atoms with E-state index in [-0.39, 0.29) is 35.5 Å². The molecule has 1 atom stereocenters. The third kappa shape index (κ3) is 5.31. The molecule has 3 aromatic rings. The topological polar surface area (TPSA) is 75.9 Å². The number of hydrogen-bond acceptors (Lipinski definition) is 5. The Labute approximate surface area is 204 Å². The van der Waals surface area contributed by atoms with Gasteiger partial charge in [0.1, 0.15) is 16.9 Å². The van der Waals surface area contributed by atoms with Crippen LogP contribution in [0.15, 0.2) is 40.8 Å². The molecule has 35 heavy (non-hydrogen) atoms. The second-order valence-corrected chi connectivity index (χ2v) is 10.4. The lowest BCUT2D eigenvalue weighted by molar-refractivity contribution is 0.00564. The van der Waals surface area contributed by atoms with Gasteiger partial charge in [0.2, 0.25) is 0 Å². The highest BCUT2D eigenvalue weighted by atomic mass is 19.1. The Hall–Kier alpha value is -3.42. The molecule has 8 heteroatoms. The largest absolute Gasteiger partial charge is 0.449 e. The molecule has 1 aliphatic rings. The van der Waals surface area contributed by atoms with Gasteiger partial charge >= 0.3 is 6.09 Å². The minimum atomic E-state index is -0.574. The molecule has 3 heterocycles. The van der Waals surface area contributed by atoms with Gasteiger partial charge in [0.05, 0.1) is 5.69 Å². The van der Waals surface area contributed by atoms with Crippen molar-refractivity contribution in [2.24, 2.45) is 0 Å². The Kier molecular flexibility index (Phi) is 6.58. The summed E-state index contributed by atoms with van der Waals surface area (Å²) in [5.74, 6) is -0.207. The summed E-state index contributed by atoms with van der Waals surface area (Å²) >= 11 is 0. The van der Waals surface area contributed by atoms with E-state index >= 15 is 0 Å². The van der Waals surface area contributed by atoms with E-state index in [9.17, 15) is 14.0 Å². The molecule has 0 bridgehead atoms. The average Bonchev–Trinajstić information content (AvgIpc) is 3.21. The van der Waals surface area contributed by atoms with Crippen LogP contribution < -0.4 is 0 Å². The van der Waals surface area contributed by atoms with E-state index in [0.29, 0.717) is 36.4 Å². The maximum absolute atomic E-state index is 13.4. The summed E-state index contributed by atoms with van der Waals surface area (Å²) in [6.07, 6.45) is -0.376. The van der Waals surface area contributed by atoms with E-state index in [1.54, 1.807) is 28.0 Å². The van der Waals surface area contributed by atoms with Gasteiger partial charge in [-0.2, -0.15) is 0 Å². The smallest absolute Gasteiger partial charge is 0.410 e. The molecule has 1 aliphatic heterocycles. The van der Waals surface area contributed by atoms with Gasteiger partial charge in [-0.15, -0.1) is 0 Å². The number of furan rings is 1. The van der Waals surface area contributed by atoms with E-state index < -0.39 is 5.60 Å². The molecule has 186 valence electrons. The fourth-order valence-electron chi connectivity index (χ4n) is 4.24. The maximum Gasteiger partial charge on any atom is 0.410 e. The lowest BCUT2D eigenvalue weighted by Crippen LogP contribution is -2.56. The van der Waals surface area contributed by atoms with Crippen LogP contribution in [0.5, 0.6) is 0 Å². The van der Waals surface area contributed by atoms with Crippen molar-refractivity contribution in [2.75, 3.05) is 19.6 Å². The first kappa shape index (κ1) is 24.7. The first-order chi connectivity index (χ1) is 16.4. The van der Waals surface area contributed by atoms with Gasteiger partial charge in [-0.25, -0.2) is 14.2 Å². The number of halogens is 1. The summed E-state index contributed by atoms with van der Waals surface area (Å²) in [5.41, 5.74) is 3.00. The Balaban J connectivity index is 1.59. The Morgan fingerprint density at radius 3 is 2.43 bits per heavy atom. The fraction of sp³-hybridized carbons (Fsp3) is 0.444. The van der Waals surface area contributed by atoms with Gasteiger partial charge in [0.15, 0.2) is 11.3 Å². The molecular weight excluding hydrogens is 449 g/mol. The van der Waals surface area contributed by atoms with Crippen molar-refractivity contribution in [3.05, 3.63) is 53.5 Å². The van der Waals surface area contributed by atoms with Crippen molar-refractivity contribution in [1.82, 2.24) is 14.8 Å². The highest BCUT2D eigenvalue weighted by Crippen LogP contribution is 2.32. The zero-order valence-corrected chi connectivity index (χ0v) is 21.1. The number of ether oxygens (including phenoxy) is 1. The SMILES string of the molecule is CC(C)c1cc(-c2ccc(F)cc2)nc2cc(C(=O)N3CCN(C(=O)OC(C)(C)C)C[C@@H]3C)oc12. The summed E-state index contributed by atoms with van der Waals surface area (Å²) in [6.45, 7) is 12.6. The number of carbonyl (C=O) groups is 2. The molecule has 2 aromatic heterocycles. The quantitative estimate of drug-likeness (QED) is 0.470. The van der Waals surface area contributed by atoms with Crippen LogP contribution >= 0.6 is 0 Å². The highest BCUT2D eigenvalue weighted by molar-refractivity contribution is 5.96. The molecule has 0 saturated carbocycles. The van der Waals surface area contributed by atoms with Gasteiger partial charge in [-0.1, -0.05) is 13.8 Å². The van der Waals surface area contributed by atoms with Crippen LogP contribution in [-0.2, 0) is 4.74 Å². The Bertz CT molecular complexity index is 1240. The first-order valence-electron chi connectivity index (χ1n) is 11.9. The number of pyridine rings is 1. The number of amides is 2. The molecule has 1 saturated heterocycles. The van der Waals surface area contributed by atoms with Crippen molar-refractivity contribution in [1.29, 1.82) is 0 Å². The fourth-order valence-corrected chi connectivity index (χ4v) is 4.24. The zero-order chi connectivity index (χ0) is 25.5. The number of rotatable bonds is 3. The molecule has 0 radical (unpaired) electrons. The Morgan fingerprint density at radius 1 is 1.14 bits per heavy atom. The summed E-state index contributed by atoms with van der Waals surface area (Å²) in [5, 5.41) is 0. The molecular formula is C27H32FN3O4. The second-order valence-electron chi connectivity index (χ2n) is 10.4. The maximum atomic E-state index is 13.4. The van der Waals surface area contributed by atoms with Crippen LogP contribution in [0.2, 0.25) is 0 Å². The molecule has 0 unspecified atom stereocenters.